The zero-order chi connectivity index (χ0) is 22.1. The van der Waals surface area contributed by atoms with Crippen LogP contribution >= 0.6 is 11.3 Å². The van der Waals surface area contributed by atoms with Gasteiger partial charge in [0.1, 0.15) is 10.6 Å². The summed E-state index contributed by atoms with van der Waals surface area (Å²) in [5.41, 5.74) is 1.40. The summed E-state index contributed by atoms with van der Waals surface area (Å²) in [6.07, 6.45) is 9.41. The molecule has 6 nitrogen and oxygen atoms in total. The van der Waals surface area contributed by atoms with E-state index < -0.39 is 0 Å². The standard InChI is InChI=1S/C25H34N2O4S/c1-3-25(27-13-15-29-16-14-27)10-7-17(8-11-25)31-19-9-12-26-23-22(19)21-18(24(28)30-4-2)5-6-20(21)32-23/h9,12,17-18H,3-8,10-11,13-16H2,1-2H3/t17-,18-,25-/m0/s1. The third-order valence-corrected chi connectivity index (χ3v) is 8.92. The first-order valence-corrected chi connectivity index (χ1v) is 13.0. The van der Waals surface area contributed by atoms with E-state index >= 15 is 0 Å². The molecular formula is C25H34N2O4S. The molecular weight excluding hydrogens is 424 g/mol. The number of hydrogen-bond acceptors (Lipinski definition) is 7. The highest BCUT2D eigenvalue weighted by Crippen LogP contribution is 2.47. The fourth-order valence-electron chi connectivity index (χ4n) is 5.97. The number of rotatable bonds is 6. The third-order valence-electron chi connectivity index (χ3n) is 7.74. The summed E-state index contributed by atoms with van der Waals surface area (Å²) >= 11 is 1.71. The summed E-state index contributed by atoms with van der Waals surface area (Å²) in [7, 11) is 0. The Kier molecular flexibility index (Phi) is 6.41. The molecule has 7 heteroatoms. The third kappa shape index (κ3) is 3.93. The minimum Gasteiger partial charge on any atom is -0.490 e. The maximum absolute atomic E-state index is 12.6. The fraction of sp³-hybridized carbons (Fsp3) is 0.680. The van der Waals surface area contributed by atoms with Crippen LogP contribution < -0.4 is 4.74 Å². The van der Waals surface area contributed by atoms with Crippen LogP contribution in [0, 0.1) is 0 Å². The van der Waals surface area contributed by atoms with Crippen molar-refractivity contribution in [2.45, 2.75) is 76.4 Å². The summed E-state index contributed by atoms with van der Waals surface area (Å²) in [5.74, 6) is 0.589. The van der Waals surface area contributed by atoms with E-state index in [9.17, 15) is 4.79 Å². The van der Waals surface area contributed by atoms with Crippen molar-refractivity contribution in [3.8, 4) is 5.75 Å². The summed E-state index contributed by atoms with van der Waals surface area (Å²) < 4.78 is 17.6. The molecule has 0 N–H and O–H groups in total. The number of aryl methyl sites for hydroxylation is 1. The average molecular weight is 459 g/mol. The number of fused-ring (bicyclic) bond motifs is 3. The van der Waals surface area contributed by atoms with Crippen LogP contribution in [0.15, 0.2) is 12.3 Å². The van der Waals surface area contributed by atoms with Crippen LogP contribution in [0.2, 0.25) is 0 Å². The normalized spacial score (nSPS) is 28.6. The molecule has 2 fully saturated rings. The highest BCUT2D eigenvalue weighted by Gasteiger charge is 2.40. The second kappa shape index (κ2) is 9.27. The molecule has 32 heavy (non-hydrogen) atoms. The van der Waals surface area contributed by atoms with Crippen molar-refractivity contribution in [3.63, 3.8) is 0 Å². The van der Waals surface area contributed by atoms with Crippen molar-refractivity contribution < 1.29 is 19.0 Å². The summed E-state index contributed by atoms with van der Waals surface area (Å²) in [4.78, 5) is 22.1. The lowest BCUT2D eigenvalue weighted by Crippen LogP contribution is -2.55. The quantitative estimate of drug-likeness (QED) is 0.585. The van der Waals surface area contributed by atoms with Crippen LogP contribution in [0.4, 0.5) is 0 Å². The van der Waals surface area contributed by atoms with E-state index in [0.717, 1.165) is 86.4 Å². The second-order valence-corrected chi connectivity index (χ2v) is 10.3. The van der Waals surface area contributed by atoms with Gasteiger partial charge in [-0.05, 0) is 63.5 Å². The van der Waals surface area contributed by atoms with Gasteiger partial charge in [0.25, 0.3) is 0 Å². The number of carbonyl (C=O) groups excluding carboxylic acids is 1. The number of aromatic nitrogens is 1. The van der Waals surface area contributed by atoms with E-state index in [1.54, 1.807) is 11.3 Å². The maximum Gasteiger partial charge on any atom is 0.313 e. The molecule has 2 aromatic heterocycles. The van der Waals surface area contributed by atoms with Gasteiger partial charge in [-0.25, -0.2) is 4.98 Å². The van der Waals surface area contributed by atoms with E-state index in [1.165, 1.54) is 11.3 Å². The average Bonchev–Trinajstić information content (AvgIpc) is 3.40. The number of pyridine rings is 1. The Morgan fingerprint density at radius 1 is 1.25 bits per heavy atom. The van der Waals surface area contributed by atoms with Crippen molar-refractivity contribution in [3.05, 3.63) is 22.7 Å². The van der Waals surface area contributed by atoms with Gasteiger partial charge in [0, 0.05) is 29.7 Å². The highest BCUT2D eigenvalue weighted by molar-refractivity contribution is 7.19. The van der Waals surface area contributed by atoms with Gasteiger partial charge in [0.2, 0.25) is 0 Å². The molecule has 174 valence electrons. The van der Waals surface area contributed by atoms with Gasteiger partial charge < -0.3 is 14.2 Å². The van der Waals surface area contributed by atoms with Crippen molar-refractivity contribution in [2.75, 3.05) is 32.9 Å². The minimum absolute atomic E-state index is 0.114. The van der Waals surface area contributed by atoms with E-state index in [2.05, 4.69) is 16.8 Å². The van der Waals surface area contributed by atoms with Crippen LogP contribution in [0.25, 0.3) is 10.2 Å². The van der Waals surface area contributed by atoms with Crippen molar-refractivity contribution in [2.24, 2.45) is 0 Å². The first-order valence-electron chi connectivity index (χ1n) is 12.2. The van der Waals surface area contributed by atoms with E-state index in [1.807, 2.05) is 19.2 Å². The fourth-order valence-corrected chi connectivity index (χ4v) is 7.20. The first kappa shape index (κ1) is 22.1. The molecule has 1 atom stereocenters. The number of morpholine rings is 1. The Labute approximate surface area is 194 Å². The Bertz CT molecular complexity index is 960. The Morgan fingerprint density at radius 3 is 2.75 bits per heavy atom. The van der Waals surface area contributed by atoms with Crippen LogP contribution in [0.3, 0.4) is 0 Å². The Balaban J connectivity index is 1.35. The Hall–Kier alpha value is -1.70. The molecule has 0 bridgehead atoms. The molecule has 2 aromatic rings. The number of ether oxygens (including phenoxy) is 3. The molecule has 3 aliphatic rings. The topological polar surface area (TPSA) is 60.9 Å². The van der Waals surface area contributed by atoms with Gasteiger partial charge in [-0.15, -0.1) is 11.3 Å². The van der Waals surface area contributed by atoms with Gasteiger partial charge in [-0.3, -0.25) is 9.69 Å². The van der Waals surface area contributed by atoms with Gasteiger partial charge in [-0.2, -0.15) is 0 Å². The van der Waals surface area contributed by atoms with Gasteiger partial charge >= 0.3 is 5.97 Å². The molecule has 0 spiro atoms. The van der Waals surface area contributed by atoms with Crippen molar-refractivity contribution in [1.82, 2.24) is 9.88 Å². The molecule has 0 amide bonds. The number of nitrogens with zero attached hydrogens (tertiary/aromatic N) is 2. The SMILES string of the molecule is CCOC(=O)[C@H]1CCc2sc3nccc(O[C@H]4CC[C@](CC)(N5CCOCC5)CC4)c3c21. The first-order chi connectivity index (χ1) is 15.6. The summed E-state index contributed by atoms with van der Waals surface area (Å²) in [5, 5.41) is 1.04. The van der Waals surface area contributed by atoms with E-state index in [-0.39, 0.29) is 23.5 Å². The van der Waals surface area contributed by atoms with Gasteiger partial charge in [0.15, 0.2) is 0 Å². The second-order valence-electron chi connectivity index (χ2n) is 9.27. The maximum atomic E-state index is 12.6. The monoisotopic (exact) mass is 458 g/mol. The predicted octanol–water partition coefficient (Wildman–Crippen LogP) is 4.69. The minimum atomic E-state index is -0.189. The number of hydrogen-bond donors (Lipinski definition) is 0. The van der Waals surface area contributed by atoms with Crippen molar-refractivity contribution in [1.29, 1.82) is 0 Å². The number of esters is 1. The number of carbonyl (C=O) groups is 1. The molecule has 5 rings (SSSR count). The van der Waals surface area contributed by atoms with Crippen LogP contribution in [-0.2, 0) is 20.7 Å². The zero-order valence-electron chi connectivity index (χ0n) is 19.2. The lowest BCUT2D eigenvalue weighted by molar-refractivity contribution is -0.144. The molecule has 0 unspecified atom stereocenters. The molecule has 0 radical (unpaired) electrons. The lowest BCUT2D eigenvalue weighted by atomic mass is 9.77. The lowest BCUT2D eigenvalue weighted by Gasteiger charge is -2.49. The van der Waals surface area contributed by atoms with E-state index in [0.29, 0.717) is 6.61 Å². The zero-order valence-corrected chi connectivity index (χ0v) is 20.0. The Morgan fingerprint density at radius 2 is 2.03 bits per heavy atom. The van der Waals surface area contributed by atoms with Crippen molar-refractivity contribution >= 4 is 27.5 Å². The van der Waals surface area contributed by atoms with Gasteiger partial charge in [0.05, 0.1) is 37.2 Å². The molecule has 0 aromatic carbocycles. The molecule has 1 aliphatic heterocycles. The number of thiophene rings is 1. The van der Waals surface area contributed by atoms with Crippen LogP contribution in [0.1, 0.15) is 68.7 Å². The molecule has 1 saturated carbocycles. The smallest absolute Gasteiger partial charge is 0.313 e. The molecule has 3 heterocycles. The predicted molar refractivity (Wildman–Crippen MR) is 126 cm³/mol. The van der Waals surface area contributed by atoms with Crippen LogP contribution in [-0.4, -0.2) is 60.4 Å². The highest BCUT2D eigenvalue weighted by atomic mass is 32.1. The molecule has 2 aliphatic carbocycles. The largest absolute Gasteiger partial charge is 0.490 e. The van der Waals surface area contributed by atoms with E-state index in [4.69, 9.17) is 14.2 Å². The summed E-state index contributed by atoms with van der Waals surface area (Å²) in [6, 6.07) is 1.99. The van der Waals surface area contributed by atoms with Gasteiger partial charge in [-0.1, -0.05) is 6.92 Å². The molecule has 1 saturated heterocycles. The summed E-state index contributed by atoms with van der Waals surface area (Å²) in [6.45, 7) is 8.39. The van der Waals surface area contributed by atoms with Crippen LogP contribution in [0.5, 0.6) is 5.75 Å².